The first-order valence-electron chi connectivity index (χ1n) is 6.46. The van der Waals surface area contributed by atoms with Gasteiger partial charge in [-0.3, -0.25) is 9.69 Å². The minimum atomic E-state index is -0.622. The Morgan fingerprint density at radius 1 is 1.44 bits per heavy atom. The van der Waals surface area contributed by atoms with E-state index in [9.17, 15) is 9.90 Å². The second kappa shape index (κ2) is 3.73. The van der Waals surface area contributed by atoms with Gasteiger partial charge in [-0.2, -0.15) is 0 Å². The molecule has 1 aliphatic carbocycles. The monoisotopic (exact) mass is 225 g/mol. The summed E-state index contributed by atoms with van der Waals surface area (Å²) in [6.07, 6.45) is 5.08. The van der Waals surface area contributed by atoms with Crippen molar-refractivity contribution in [1.29, 1.82) is 0 Å². The average molecular weight is 225 g/mol. The van der Waals surface area contributed by atoms with Crippen LogP contribution in [0.4, 0.5) is 0 Å². The molecule has 0 amide bonds. The maximum absolute atomic E-state index is 11.6. The van der Waals surface area contributed by atoms with Crippen molar-refractivity contribution in [2.75, 3.05) is 6.54 Å². The number of hydrogen-bond acceptors (Lipinski definition) is 2. The lowest BCUT2D eigenvalue weighted by Gasteiger charge is -2.41. The van der Waals surface area contributed by atoms with E-state index in [1.54, 1.807) is 0 Å². The van der Waals surface area contributed by atoms with Crippen LogP contribution in [0.25, 0.3) is 0 Å². The molecule has 2 aliphatic rings. The fourth-order valence-electron chi connectivity index (χ4n) is 3.22. The van der Waals surface area contributed by atoms with Crippen molar-refractivity contribution in [2.45, 2.75) is 64.5 Å². The second-order valence-electron chi connectivity index (χ2n) is 5.82. The van der Waals surface area contributed by atoms with Crippen molar-refractivity contribution < 1.29 is 9.90 Å². The van der Waals surface area contributed by atoms with Gasteiger partial charge in [-0.05, 0) is 51.0 Å². The molecular weight excluding hydrogens is 202 g/mol. The number of carbonyl (C=O) groups is 1. The molecule has 0 radical (unpaired) electrons. The molecule has 2 unspecified atom stereocenters. The van der Waals surface area contributed by atoms with Gasteiger partial charge in [0, 0.05) is 6.04 Å². The van der Waals surface area contributed by atoms with Gasteiger partial charge in [0.2, 0.25) is 0 Å². The molecule has 2 fully saturated rings. The second-order valence-corrected chi connectivity index (χ2v) is 5.82. The predicted octanol–water partition coefficient (Wildman–Crippen LogP) is 2.50. The summed E-state index contributed by atoms with van der Waals surface area (Å²) in [7, 11) is 0. The zero-order chi connectivity index (χ0) is 12.0. The van der Waals surface area contributed by atoms with Gasteiger partial charge in [-0.1, -0.05) is 13.8 Å². The lowest BCUT2D eigenvalue weighted by molar-refractivity contribution is -0.152. The van der Waals surface area contributed by atoms with Crippen LogP contribution < -0.4 is 0 Å². The van der Waals surface area contributed by atoms with Crippen molar-refractivity contribution >= 4 is 5.97 Å². The van der Waals surface area contributed by atoms with E-state index in [1.807, 2.05) is 6.92 Å². The van der Waals surface area contributed by atoms with E-state index in [0.29, 0.717) is 11.5 Å². The van der Waals surface area contributed by atoms with Gasteiger partial charge in [0.1, 0.15) is 5.54 Å². The number of likely N-dealkylation sites (tertiary alicyclic amines) is 1. The fourth-order valence-corrected chi connectivity index (χ4v) is 3.22. The first-order valence-corrected chi connectivity index (χ1v) is 6.46. The highest BCUT2D eigenvalue weighted by atomic mass is 16.4. The van der Waals surface area contributed by atoms with Crippen molar-refractivity contribution in [3.63, 3.8) is 0 Å². The van der Waals surface area contributed by atoms with E-state index < -0.39 is 11.5 Å². The topological polar surface area (TPSA) is 40.5 Å². The van der Waals surface area contributed by atoms with Crippen molar-refractivity contribution in [2.24, 2.45) is 5.41 Å². The maximum Gasteiger partial charge on any atom is 0.324 e. The van der Waals surface area contributed by atoms with Gasteiger partial charge in [-0.25, -0.2) is 0 Å². The lowest BCUT2D eigenvalue weighted by Crippen LogP contribution is -2.55. The number of aliphatic carboxylic acids is 1. The molecule has 1 saturated heterocycles. The third-order valence-electron chi connectivity index (χ3n) is 5.04. The highest BCUT2D eigenvalue weighted by Gasteiger charge is 2.54. The zero-order valence-electron chi connectivity index (χ0n) is 10.6. The highest BCUT2D eigenvalue weighted by molar-refractivity contribution is 5.79. The summed E-state index contributed by atoms with van der Waals surface area (Å²) in [4.78, 5) is 13.8. The van der Waals surface area contributed by atoms with Crippen molar-refractivity contribution in [3.8, 4) is 0 Å². The largest absolute Gasteiger partial charge is 0.480 e. The summed E-state index contributed by atoms with van der Waals surface area (Å²) in [6.45, 7) is 7.47. The molecule has 3 nitrogen and oxygen atoms in total. The Labute approximate surface area is 97.8 Å². The molecule has 0 aromatic rings. The Hall–Kier alpha value is -0.570. The van der Waals surface area contributed by atoms with Crippen molar-refractivity contribution in [3.05, 3.63) is 0 Å². The van der Waals surface area contributed by atoms with Crippen molar-refractivity contribution in [1.82, 2.24) is 4.90 Å². The minimum absolute atomic E-state index is 0.375. The van der Waals surface area contributed by atoms with Crippen LogP contribution in [0, 0.1) is 5.41 Å². The smallest absolute Gasteiger partial charge is 0.324 e. The van der Waals surface area contributed by atoms with Gasteiger partial charge >= 0.3 is 5.97 Å². The highest BCUT2D eigenvalue weighted by Crippen LogP contribution is 2.52. The normalized spacial score (nSPS) is 34.9. The average Bonchev–Trinajstić information content (AvgIpc) is 2.84. The van der Waals surface area contributed by atoms with Gasteiger partial charge in [0.25, 0.3) is 0 Å². The molecule has 0 spiro atoms. The van der Waals surface area contributed by atoms with Crippen LogP contribution in [0.15, 0.2) is 0 Å². The van der Waals surface area contributed by atoms with Crippen LogP contribution in [-0.2, 0) is 4.79 Å². The predicted molar refractivity (Wildman–Crippen MR) is 63.4 cm³/mol. The number of hydrogen-bond donors (Lipinski definition) is 1. The van der Waals surface area contributed by atoms with Crippen LogP contribution in [-0.4, -0.2) is 34.1 Å². The third-order valence-corrected chi connectivity index (χ3v) is 5.04. The van der Waals surface area contributed by atoms with Gasteiger partial charge in [0.15, 0.2) is 0 Å². The van der Waals surface area contributed by atoms with E-state index >= 15 is 0 Å². The Bertz CT molecular complexity index is 298. The van der Waals surface area contributed by atoms with Crippen LogP contribution in [0.2, 0.25) is 0 Å². The molecule has 16 heavy (non-hydrogen) atoms. The number of nitrogens with zero attached hydrogens (tertiary/aromatic N) is 1. The molecule has 0 bridgehead atoms. The molecule has 0 aromatic heterocycles. The van der Waals surface area contributed by atoms with Crippen LogP contribution >= 0.6 is 0 Å². The van der Waals surface area contributed by atoms with E-state index in [0.717, 1.165) is 25.8 Å². The molecular formula is C13H23NO2. The molecule has 3 heteroatoms. The van der Waals surface area contributed by atoms with Gasteiger partial charge in [-0.15, -0.1) is 0 Å². The zero-order valence-corrected chi connectivity index (χ0v) is 10.6. The summed E-state index contributed by atoms with van der Waals surface area (Å²) in [6, 6.07) is 0.408. The molecule has 2 atom stereocenters. The van der Waals surface area contributed by atoms with E-state index in [-0.39, 0.29) is 0 Å². The van der Waals surface area contributed by atoms with Crippen LogP contribution in [0.3, 0.4) is 0 Å². The molecule has 1 heterocycles. The molecule has 1 N–H and O–H groups in total. The first-order chi connectivity index (χ1) is 7.46. The Morgan fingerprint density at radius 2 is 2.06 bits per heavy atom. The summed E-state index contributed by atoms with van der Waals surface area (Å²) >= 11 is 0. The number of carboxylic acid groups (broad SMARTS) is 1. The maximum atomic E-state index is 11.6. The fraction of sp³-hybridized carbons (Fsp3) is 0.923. The SMILES string of the molecule is CCC1(C(=O)O)CCCN1C(C)C1(C)CC1. The first kappa shape index (κ1) is 11.9. The summed E-state index contributed by atoms with van der Waals surface area (Å²) in [5.41, 5.74) is -0.203. The quantitative estimate of drug-likeness (QED) is 0.799. The van der Waals surface area contributed by atoms with E-state index in [4.69, 9.17) is 0 Å². The Kier molecular flexibility index (Phi) is 2.77. The van der Waals surface area contributed by atoms with Crippen LogP contribution in [0.5, 0.6) is 0 Å². The van der Waals surface area contributed by atoms with Gasteiger partial charge in [0.05, 0.1) is 0 Å². The number of carboxylic acids is 1. The molecule has 2 rings (SSSR count). The number of rotatable bonds is 4. The Morgan fingerprint density at radius 3 is 2.50 bits per heavy atom. The minimum Gasteiger partial charge on any atom is -0.480 e. The molecule has 92 valence electrons. The summed E-state index contributed by atoms with van der Waals surface area (Å²) in [5, 5.41) is 9.53. The van der Waals surface area contributed by atoms with Gasteiger partial charge < -0.3 is 5.11 Å². The standard InChI is InChI=1S/C13H23NO2/c1-4-13(11(15)16)6-5-9-14(13)10(2)12(3)7-8-12/h10H,4-9H2,1-3H3,(H,15,16). The summed E-state index contributed by atoms with van der Waals surface area (Å²) in [5.74, 6) is -0.622. The van der Waals surface area contributed by atoms with Crippen LogP contribution in [0.1, 0.15) is 52.9 Å². The molecule has 1 aliphatic heterocycles. The Balaban J connectivity index is 2.22. The molecule has 0 aromatic carbocycles. The third kappa shape index (κ3) is 1.56. The molecule has 1 saturated carbocycles. The summed E-state index contributed by atoms with van der Waals surface area (Å²) < 4.78 is 0. The van der Waals surface area contributed by atoms with E-state index in [2.05, 4.69) is 18.7 Å². The van der Waals surface area contributed by atoms with E-state index in [1.165, 1.54) is 12.8 Å². The lowest BCUT2D eigenvalue weighted by atomic mass is 9.89.